The zero-order chi connectivity index (χ0) is 21.5. The third-order valence-corrected chi connectivity index (χ3v) is 5.57. The van der Waals surface area contributed by atoms with E-state index in [1.807, 2.05) is 41.3 Å². The van der Waals surface area contributed by atoms with Gasteiger partial charge in [0, 0.05) is 24.5 Å². The maximum absolute atomic E-state index is 13.1. The molecule has 30 heavy (non-hydrogen) atoms. The van der Waals surface area contributed by atoms with Gasteiger partial charge in [0.05, 0.1) is 6.54 Å². The summed E-state index contributed by atoms with van der Waals surface area (Å²) in [6.07, 6.45) is 2.08. The van der Waals surface area contributed by atoms with E-state index in [0.29, 0.717) is 18.2 Å². The first-order chi connectivity index (χ1) is 14.4. The highest BCUT2D eigenvalue weighted by molar-refractivity contribution is 5.78. The van der Waals surface area contributed by atoms with Crippen LogP contribution in [0.15, 0.2) is 72.9 Å². The van der Waals surface area contributed by atoms with Crippen LogP contribution in [0.5, 0.6) is 5.75 Å². The Kier molecular flexibility index (Phi) is 7.34. The first-order valence-electron chi connectivity index (χ1n) is 10.6. The van der Waals surface area contributed by atoms with Crippen LogP contribution in [-0.2, 0) is 17.9 Å². The number of hydrogen-bond donors (Lipinski definition) is 0. The van der Waals surface area contributed by atoms with Gasteiger partial charge in [-0.25, -0.2) is 0 Å². The Morgan fingerprint density at radius 1 is 1.00 bits per heavy atom. The number of hydrogen-bond acceptors (Lipinski definition) is 2. The molecule has 1 atom stereocenters. The lowest BCUT2D eigenvalue weighted by molar-refractivity contribution is -0.137. The summed E-state index contributed by atoms with van der Waals surface area (Å²) in [6.45, 7) is 9.91. The molecule has 0 fully saturated rings. The fraction of sp³-hybridized carbons (Fsp3) is 0.346. The molecule has 4 nitrogen and oxygen atoms in total. The highest BCUT2D eigenvalue weighted by Crippen LogP contribution is 2.18. The number of benzene rings is 2. The molecule has 0 aliphatic heterocycles. The first-order valence-corrected chi connectivity index (χ1v) is 10.6. The van der Waals surface area contributed by atoms with Crippen molar-refractivity contribution in [2.45, 2.75) is 46.8 Å². The van der Waals surface area contributed by atoms with Crippen LogP contribution < -0.4 is 4.74 Å². The summed E-state index contributed by atoms with van der Waals surface area (Å²) in [7, 11) is 0. The van der Waals surface area contributed by atoms with Crippen LogP contribution in [0.4, 0.5) is 0 Å². The summed E-state index contributed by atoms with van der Waals surface area (Å²) in [5.41, 5.74) is 3.64. The number of carbonyl (C=O) groups excluding carboxylic acids is 1. The van der Waals surface area contributed by atoms with E-state index >= 15 is 0 Å². The van der Waals surface area contributed by atoms with Crippen molar-refractivity contribution in [3.63, 3.8) is 0 Å². The van der Waals surface area contributed by atoms with Gasteiger partial charge in [0.1, 0.15) is 5.75 Å². The molecule has 0 aliphatic carbocycles. The van der Waals surface area contributed by atoms with Crippen molar-refractivity contribution >= 4 is 5.91 Å². The molecule has 1 heterocycles. The number of aryl methyl sites for hydroxylation is 1. The topological polar surface area (TPSA) is 34.5 Å². The van der Waals surface area contributed by atoms with Crippen LogP contribution in [0, 0.1) is 12.8 Å². The van der Waals surface area contributed by atoms with Crippen LogP contribution in [-0.4, -0.2) is 28.0 Å². The van der Waals surface area contributed by atoms with Crippen LogP contribution in [0.3, 0.4) is 0 Å². The number of carbonyl (C=O) groups is 1. The first kappa shape index (κ1) is 21.7. The molecule has 2 aromatic carbocycles. The Balaban J connectivity index is 1.74. The van der Waals surface area contributed by atoms with E-state index < -0.39 is 0 Å². The molecule has 1 amide bonds. The summed E-state index contributed by atoms with van der Waals surface area (Å²) in [4.78, 5) is 15.0. The van der Waals surface area contributed by atoms with Crippen molar-refractivity contribution in [2.75, 3.05) is 6.61 Å². The van der Waals surface area contributed by atoms with Crippen molar-refractivity contribution in [2.24, 2.45) is 5.92 Å². The van der Waals surface area contributed by atoms with Crippen LogP contribution >= 0.6 is 0 Å². The number of nitrogens with zero attached hydrogens (tertiary/aromatic N) is 2. The van der Waals surface area contributed by atoms with Gasteiger partial charge in [0.15, 0.2) is 6.61 Å². The molecule has 0 unspecified atom stereocenters. The molecule has 0 aliphatic rings. The average Bonchev–Trinajstić information content (AvgIpc) is 3.17. The number of ether oxygens (including phenoxy) is 1. The molecule has 3 rings (SSSR count). The lowest BCUT2D eigenvalue weighted by Gasteiger charge is -2.32. The molecule has 158 valence electrons. The van der Waals surface area contributed by atoms with Crippen molar-refractivity contribution in [3.8, 4) is 5.75 Å². The van der Waals surface area contributed by atoms with Gasteiger partial charge in [-0.1, -0.05) is 61.9 Å². The second-order valence-corrected chi connectivity index (χ2v) is 8.22. The van der Waals surface area contributed by atoms with E-state index in [1.54, 1.807) is 0 Å². The molecule has 1 aromatic heterocycles. The van der Waals surface area contributed by atoms with Gasteiger partial charge in [-0.05, 0) is 49.6 Å². The quantitative estimate of drug-likeness (QED) is 0.485. The number of rotatable bonds is 9. The van der Waals surface area contributed by atoms with Gasteiger partial charge in [0.2, 0.25) is 0 Å². The third kappa shape index (κ3) is 5.76. The zero-order valence-corrected chi connectivity index (χ0v) is 18.4. The fourth-order valence-electron chi connectivity index (χ4n) is 3.49. The second-order valence-electron chi connectivity index (χ2n) is 8.22. The Labute approximate surface area is 180 Å². The van der Waals surface area contributed by atoms with Crippen LogP contribution in [0.2, 0.25) is 0 Å². The van der Waals surface area contributed by atoms with Gasteiger partial charge in [0.25, 0.3) is 5.91 Å². The predicted molar refractivity (Wildman–Crippen MR) is 122 cm³/mol. The van der Waals surface area contributed by atoms with Crippen LogP contribution in [0.25, 0.3) is 0 Å². The predicted octanol–water partition coefficient (Wildman–Crippen LogP) is 5.30. The molecular formula is C26H32N2O2. The van der Waals surface area contributed by atoms with E-state index in [2.05, 4.69) is 68.8 Å². The average molecular weight is 405 g/mol. The molecule has 0 radical (unpaired) electrons. The van der Waals surface area contributed by atoms with E-state index in [-0.39, 0.29) is 18.6 Å². The monoisotopic (exact) mass is 404 g/mol. The lowest BCUT2D eigenvalue weighted by atomic mass is 10.0. The highest BCUT2D eigenvalue weighted by atomic mass is 16.5. The summed E-state index contributed by atoms with van der Waals surface area (Å²) in [5, 5.41) is 0. The van der Waals surface area contributed by atoms with Gasteiger partial charge in [-0.3, -0.25) is 4.79 Å². The van der Waals surface area contributed by atoms with Crippen molar-refractivity contribution in [1.29, 1.82) is 0 Å². The minimum atomic E-state index is 0.00311. The molecule has 4 heteroatoms. The largest absolute Gasteiger partial charge is 0.484 e. The smallest absolute Gasteiger partial charge is 0.261 e. The summed E-state index contributed by atoms with van der Waals surface area (Å²) in [5.74, 6) is 1.07. The molecule has 0 spiro atoms. The Morgan fingerprint density at radius 2 is 1.77 bits per heavy atom. The normalized spacial score (nSPS) is 12.0. The minimum Gasteiger partial charge on any atom is -0.484 e. The molecule has 0 bridgehead atoms. The molecule has 3 aromatic rings. The van der Waals surface area contributed by atoms with Gasteiger partial charge in [-0.15, -0.1) is 0 Å². The summed E-state index contributed by atoms with van der Waals surface area (Å²) >= 11 is 0. The van der Waals surface area contributed by atoms with E-state index in [0.717, 1.165) is 12.2 Å². The minimum absolute atomic E-state index is 0.00311. The number of para-hydroxylation sites is 1. The van der Waals surface area contributed by atoms with Gasteiger partial charge < -0.3 is 14.2 Å². The Morgan fingerprint density at radius 3 is 2.47 bits per heavy atom. The SMILES string of the molecule is Cc1cccc(Cn2cccc2CN(C(=O)COc2ccccc2)[C@H](C)C(C)C)c1. The maximum Gasteiger partial charge on any atom is 0.261 e. The molecular weight excluding hydrogens is 372 g/mol. The summed E-state index contributed by atoms with van der Waals surface area (Å²) in [6, 6.07) is 22.3. The number of aromatic nitrogens is 1. The molecule has 0 saturated heterocycles. The van der Waals surface area contributed by atoms with Crippen LogP contribution in [0.1, 0.15) is 37.6 Å². The maximum atomic E-state index is 13.1. The standard InChI is InChI=1S/C26H32N2O2/c1-20(2)22(4)28(26(29)19-30-25-13-6-5-7-14-25)18-24-12-9-15-27(24)17-23-11-8-10-21(3)16-23/h5-16,20,22H,17-19H2,1-4H3/t22-/m1/s1. The second kappa shape index (κ2) is 10.1. The lowest BCUT2D eigenvalue weighted by Crippen LogP contribution is -2.43. The van der Waals surface area contributed by atoms with Crippen molar-refractivity contribution in [1.82, 2.24) is 9.47 Å². The van der Waals surface area contributed by atoms with E-state index in [4.69, 9.17) is 4.74 Å². The fourth-order valence-corrected chi connectivity index (χ4v) is 3.49. The third-order valence-electron chi connectivity index (χ3n) is 5.57. The Bertz CT molecular complexity index is 946. The molecule has 0 N–H and O–H groups in total. The van der Waals surface area contributed by atoms with E-state index in [1.165, 1.54) is 11.1 Å². The summed E-state index contributed by atoms with van der Waals surface area (Å²) < 4.78 is 7.96. The van der Waals surface area contributed by atoms with Crippen molar-refractivity contribution < 1.29 is 9.53 Å². The number of amides is 1. The Hall–Kier alpha value is -3.01. The highest BCUT2D eigenvalue weighted by Gasteiger charge is 2.24. The molecule has 0 saturated carbocycles. The van der Waals surface area contributed by atoms with E-state index in [9.17, 15) is 4.79 Å². The zero-order valence-electron chi connectivity index (χ0n) is 18.4. The van der Waals surface area contributed by atoms with Gasteiger partial charge >= 0.3 is 0 Å². The van der Waals surface area contributed by atoms with Gasteiger partial charge in [-0.2, -0.15) is 0 Å². The van der Waals surface area contributed by atoms with Crippen molar-refractivity contribution in [3.05, 3.63) is 89.7 Å².